The van der Waals surface area contributed by atoms with Gasteiger partial charge in [-0.1, -0.05) is 0 Å². The predicted molar refractivity (Wildman–Crippen MR) is 27.3 cm³/mol. The smallest absolute Gasteiger partial charge is 0.222 e. The average molecular weight is 132 g/mol. The van der Waals surface area contributed by atoms with Gasteiger partial charge < -0.3 is 0 Å². The minimum atomic E-state index is 0.590. The molecule has 0 saturated carbocycles. The first kappa shape index (κ1) is 5.55. The maximum Gasteiger partial charge on any atom is 0.440 e. The highest BCUT2D eigenvalue weighted by Gasteiger charge is 2.07. The molecule has 0 aliphatic rings. The van der Waals surface area contributed by atoms with Crippen molar-refractivity contribution in [1.29, 1.82) is 0 Å². The quantitative estimate of drug-likeness (QED) is 0.386. The van der Waals surface area contributed by atoms with Crippen LogP contribution in [0.3, 0.4) is 0 Å². The Bertz CT molecular complexity index is 175. The van der Waals surface area contributed by atoms with Gasteiger partial charge in [-0.2, -0.15) is 0 Å². The van der Waals surface area contributed by atoms with Crippen LogP contribution in [0.5, 0.6) is 0 Å². The van der Waals surface area contributed by atoms with Gasteiger partial charge in [-0.25, -0.2) is 4.52 Å². The summed E-state index contributed by atoms with van der Waals surface area (Å²) in [6, 6.07) is 0. The third-order valence-electron chi connectivity index (χ3n) is 0.637. The summed E-state index contributed by atoms with van der Waals surface area (Å²) in [6.07, 6.45) is 1.88. The van der Waals surface area contributed by atoms with Crippen LogP contribution in [0.1, 0.15) is 0 Å². The summed E-state index contributed by atoms with van der Waals surface area (Å²) in [5.74, 6) is 0. The van der Waals surface area contributed by atoms with Crippen molar-refractivity contribution in [2.24, 2.45) is 7.05 Å². The lowest BCUT2D eigenvalue weighted by atomic mass is 11.5. The Labute approximate surface area is 50.8 Å². The van der Waals surface area contributed by atoms with E-state index in [2.05, 4.69) is 10.3 Å². The summed E-state index contributed by atoms with van der Waals surface area (Å²) in [7, 11) is 1.69. The van der Waals surface area contributed by atoms with Crippen molar-refractivity contribution in [1.82, 2.24) is 10.3 Å². The number of thioether (sulfide) groups is 1. The van der Waals surface area contributed by atoms with E-state index in [-0.39, 0.29) is 0 Å². The number of nitrogens with zero attached hydrogens (tertiary/aromatic N) is 3. The van der Waals surface area contributed by atoms with E-state index < -0.39 is 0 Å². The lowest BCUT2D eigenvalue weighted by molar-refractivity contribution is -0.896. The van der Waals surface area contributed by atoms with Gasteiger partial charge in [0.25, 0.3) is 0 Å². The minimum absolute atomic E-state index is 0.590. The molecule has 4 nitrogen and oxygen atoms in total. The molecule has 5 heteroatoms. The standard InChI is InChI=1S/C3H6N3OS/c1-6-5-4-3(7-6)8-2/h1-2H3/q+1. The molecule has 0 aromatic carbocycles. The maximum absolute atomic E-state index is 4.89. The summed E-state index contributed by atoms with van der Waals surface area (Å²) in [5, 5.41) is 7.80. The number of aryl methyl sites for hydroxylation is 1. The molecule has 0 fully saturated rings. The summed E-state index contributed by atoms with van der Waals surface area (Å²) in [5.41, 5.74) is 0. The largest absolute Gasteiger partial charge is 0.440 e. The molecule has 0 unspecified atom stereocenters. The molecule has 1 aromatic rings. The Hall–Kier alpha value is -0.580. The topological polar surface area (TPSA) is 42.8 Å². The van der Waals surface area contributed by atoms with Crippen LogP contribution in [0.2, 0.25) is 0 Å². The summed E-state index contributed by atoms with van der Waals surface area (Å²) in [4.78, 5) is 1.31. The third kappa shape index (κ3) is 0.975. The van der Waals surface area contributed by atoms with Crippen molar-refractivity contribution in [2.75, 3.05) is 6.26 Å². The first-order valence-electron chi connectivity index (χ1n) is 2.07. The van der Waals surface area contributed by atoms with Crippen molar-refractivity contribution in [2.45, 2.75) is 5.22 Å². The zero-order chi connectivity index (χ0) is 5.98. The maximum atomic E-state index is 4.89. The van der Waals surface area contributed by atoms with Crippen molar-refractivity contribution < 1.29 is 9.38 Å². The van der Waals surface area contributed by atoms with Crippen LogP contribution in [0.15, 0.2) is 9.75 Å². The van der Waals surface area contributed by atoms with Crippen LogP contribution in [0.25, 0.3) is 0 Å². The molecule has 0 saturated heterocycles. The Kier molecular flexibility index (Phi) is 1.48. The van der Waals surface area contributed by atoms with E-state index in [1.807, 2.05) is 6.26 Å². The Morgan fingerprint density at radius 2 is 2.50 bits per heavy atom. The monoisotopic (exact) mass is 132 g/mol. The van der Waals surface area contributed by atoms with E-state index >= 15 is 0 Å². The van der Waals surface area contributed by atoms with Gasteiger partial charge in [0, 0.05) is 4.85 Å². The zero-order valence-corrected chi connectivity index (χ0v) is 5.47. The van der Waals surface area contributed by atoms with Crippen molar-refractivity contribution in [3.8, 4) is 0 Å². The first-order chi connectivity index (χ1) is 3.83. The van der Waals surface area contributed by atoms with Gasteiger partial charge in [-0.3, -0.25) is 0 Å². The van der Waals surface area contributed by atoms with Crippen LogP contribution < -0.4 is 4.85 Å². The summed E-state index contributed by atoms with van der Waals surface area (Å²) < 4.78 is 4.89. The molecule has 0 amide bonds. The molecule has 0 atom stereocenters. The molecule has 1 aromatic heterocycles. The number of hydrogen-bond acceptors (Lipinski definition) is 4. The van der Waals surface area contributed by atoms with E-state index in [1.54, 1.807) is 7.05 Å². The molecule has 1 heterocycles. The Morgan fingerprint density at radius 3 is 2.75 bits per heavy atom. The lowest BCUT2D eigenvalue weighted by Gasteiger charge is -1.68. The Balaban J connectivity index is 2.84. The van der Waals surface area contributed by atoms with Gasteiger partial charge in [0.1, 0.15) is 12.1 Å². The number of aromatic nitrogens is 3. The normalized spacial score (nSPS) is 9.75. The van der Waals surface area contributed by atoms with Gasteiger partial charge in [0.15, 0.2) is 5.21 Å². The van der Waals surface area contributed by atoms with Crippen LogP contribution in [-0.2, 0) is 7.05 Å². The molecule has 0 radical (unpaired) electrons. The second-order valence-electron chi connectivity index (χ2n) is 1.21. The Morgan fingerprint density at radius 1 is 1.75 bits per heavy atom. The summed E-state index contributed by atoms with van der Waals surface area (Å²) in [6.45, 7) is 0. The van der Waals surface area contributed by atoms with Crippen molar-refractivity contribution >= 4 is 11.8 Å². The highest BCUT2D eigenvalue weighted by atomic mass is 32.2. The number of hydrogen-bond donors (Lipinski definition) is 0. The van der Waals surface area contributed by atoms with E-state index in [0.29, 0.717) is 5.22 Å². The molecule has 0 spiro atoms. The predicted octanol–water partition coefficient (Wildman–Crippen LogP) is -0.384. The molecule has 0 aliphatic heterocycles. The molecule has 0 N–H and O–H groups in total. The van der Waals surface area contributed by atoms with Crippen molar-refractivity contribution in [3.63, 3.8) is 0 Å². The van der Waals surface area contributed by atoms with Gasteiger partial charge in [0.05, 0.1) is 0 Å². The van der Waals surface area contributed by atoms with Crippen molar-refractivity contribution in [3.05, 3.63) is 0 Å². The van der Waals surface area contributed by atoms with Crippen LogP contribution in [0, 0.1) is 0 Å². The fraction of sp³-hybridized carbons (Fsp3) is 0.667. The number of rotatable bonds is 1. The molecular formula is C3H6N3OS+. The van der Waals surface area contributed by atoms with Gasteiger partial charge in [-0.05, 0) is 18.0 Å². The summed E-state index contributed by atoms with van der Waals surface area (Å²) >= 11 is 1.43. The third-order valence-corrected chi connectivity index (χ3v) is 1.14. The molecule has 0 aliphatic carbocycles. The average Bonchev–Trinajstić information content (AvgIpc) is 2.14. The van der Waals surface area contributed by atoms with E-state index in [9.17, 15) is 0 Å². The van der Waals surface area contributed by atoms with Crippen LogP contribution in [-0.4, -0.2) is 16.6 Å². The molecule has 44 valence electrons. The lowest BCUT2D eigenvalue weighted by Crippen LogP contribution is -2.28. The SMILES string of the molecule is CSc1nn[n+](C)o1. The highest BCUT2D eigenvalue weighted by Crippen LogP contribution is 2.04. The fourth-order valence-electron chi connectivity index (χ4n) is 0.327. The second kappa shape index (κ2) is 2.13. The second-order valence-corrected chi connectivity index (χ2v) is 1.97. The molecule has 0 bridgehead atoms. The van der Waals surface area contributed by atoms with E-state index in [4.69, 9.17) is 4.52 Å². The van der Waals surface area contributed by atoms with Crippen LogP contribution in [0.4, 0.5) is 0 Å². The van der Waals surface area contributed by atoms with Gasteiger partial charge in [-0.15, -0.1) is 0 Å². The zero-order valence-electron chi connectivity index (χ0n) is 4.66. The van der Waals surface area contributed by atoms with Gasteiger partial charge in [0.2, 0.25) is 0 Å². The first-order valence-corrected chi connectivity index (χ1v) is 3.29. The minimum Gasteiger partial charge on any atom is -0.222 e. The van der Waals surface area contributed by atoms with E-state index in [0.717, 1.165) is 0 Å². The van der Waals surface area contributed by atoms with Crippen LogP contribution >= 0.6 is 11.8 Å². The fourth-order valence-corrected chi connectivity index (χ4v) is 0.628. The highest BCUT2D eigenvalue weighted by molar-refractivity contribution is 7.98. The van der Waals surface area contributed by atoms with Gasteiger partial charge >= 0.3 is 5.22 Å². The molecular weight excluding hydrogens is 126 g/mol. The molecule has 1 rings (SSSR count). The molecule has 8 heavy (non-hydrogen) atoms. The van der Waals surface area contributed by atoms with E-state index in [1.165, 1.54) is 16.6 Å².